The molecule has 2 aliphatic rings. The molecule has 1 heterocycles. The summed E-state index contributed by atoms with van der Waals surface area (Å²) in [5.74, 6) is 0.0443. The van der Waals surface area contributed by atoms with E-state index >= 15 is 0 Å². The second-order valence-electron chi connectivity index (χ2n) is 7.09. The molecule has 0 radical (unpaired) electrons. The van der Waals surface area contributed by atoms with Gasteiger partial charge in [0.15, 0.2) is 0 Å². The fraction of sp³-hybridized carbons (Fsp3) is 0.571. The average Bonchev–Trinajstić information content (AvgIpc) is 2.88. The van der Waals surface area contributed by atoms with Crippen LogP contribution in [0.3, 0.4) is 0 Å². The van der Waals surface area contributed by atoms with E-state index in [0.717, 1.165) is 49.0 Å². The van der Waals surface area contributed by atoms with Gasteiger partial charge in [-0.1, -0.05) is 23.8 Å². The van der Waals surface area contributed by atoms with E-state index in [9.17, 15) is 9.90 Å². The van der Waals surface area contributed by atoms with Gasteiger partial charge in [0.05, 0.1) is 17.2 Å². The van der Waals surface area contributed by atoms with Gasteiger partial charge in [-0.05, 0) is 57.6 Å². The average molecular weight is 361 g/mol. The van der Waals surface area contributed by atoms with Crippen LogP contribution in [0.1, 0.15) is 49.3 Å². The van der Waals surface area contributed by atoms with Gasteiger partial charge in [-0.3, -0.25) is 4.79 Å². The minimum atomic E-state index is -0.600. The zero-order valence-electron chi connectivity index (χ0n) is 16.5. The monoisotopic (exact) mass is 361 g/mol. The van der Waals surface area contributed by atoms with E-state index in [1.165, 1.54) is 0 Å². The fourth-order valence-corrected chi connectivity index (χ4v) is 3.62. The highest BCUT2D eigenvalue weighted by atomic mass is 16.5. The van der Waals surface area contributed by atoms with Gasteiger partial charge < -0.3 is 19.9 Å². The predicted octanol–water partition coefficient (Wildman–Crippen LogP) is 3.68. The highest BCUT2D eigenvalue weighted by Gasteiger charge is 2.48. The molecule has 1 fully saturated rings. The fourth-order valence-electron chi connectivity index (χ4n) is 3.62. The van der Waals surface area contributed by atoms with E-state index in [1.54, 1.807) is 14.2 Å². The van der Waals surface area contributed by atoms with Gasteiger partial charge in [-0.25, -0.2) is 0 Å². The quantitative estimate of drug-likeness (QED) is 0.862. The maximum absolute atomic E-state index is 12.5. The van der Waals surface area contributed by atoms with E-state index in [4.69, 9.17) is 4.74 Å². The number of methoxy groups -OCH3 is 2. The van der Waals surface area contributed by atoms with E-state index < -0.39 is 5.54 Å². The highest BCUT2D eigenvalue weighted by molar-refractivity contribution is 6.23. The lowest BCUT2D eigenvalue weighted by molar-refractivity contribution is -0.116. The molecule has 26 heavy (non-hydrogen) atoms. The van der Waals surface area contributed by atoms with E-state index in [-0.39, 0.29) is 17.8 Å². The summed E-state index contributed by atoms with van der Waals surface area (Å²) in [6.45, 7) is 6.74. The predicted molar refractivity (Wildman–Crippen MR) is 103 cm³/mol. The van der Waals surface area contributed by atoms with Crippen LogP contribution in [-0.4, -0.2) is 43.5 Å². The second kappa shape index (κ2) is 8.69. The smallest absolute Gasteiger partial charge is 0.256 e. The topological polar surface area (TPSA) is 67.8 Å². The Morgan fingerprint density at radius 3 is 2.38 bits per heavy atom. The van der Waals surface area contributed by atoms with Crippen LogP contribution >= 0.6 is 0 Å². The van der Waals surface area contributed by atoms with Crippen LogP contribution in [0.4, 0.5) is 0 Å². The van der Waals surface area contributed by atoms with Crippen LogP contribution in [0.25, 0.3) is 5.57 Å². The van der Waals surface area contributed by atoms with Gasteiger partial charge in [0, 0.05) is 20.8 Å². The molecule has 2 N–H and O–H groups in total. The Hall–Kier alpha value is -1.85. The molecule has 0 aromatic heterocycles. The maximum Gasteiger partial charge on any atom is 0.256 e. The number of aryl methyl sites for hydroxylation is 2. The van der Waals surface area contributed by atoms with Crippen molar-refractivity contribution >= 4 is 11.5 Å². The van der Waals surface area contributed by atoms with Gasteiger partial charge in [0.1, 0.15) is 5.76 Å². The summed E-state index contributed by atoms with van der Waals surface area (Å²) < 4.78 is 9.93. The molecule has 1 aliphatic carbocycles. The third-order valence-electron chi connectivity index (χ3n) is 5.34. The molecule has 3 rings (SSSR count). The molecule has 5 nitrogen and oxygen atoms in total. The third-order valence-corrected chi connectivity index (χ3v) is 5.34. The summed E-state index contributed by atoms with van der Waals surface area (Å²) in [5.41, 5.74) is 2.76. The molecule has 144 valence electrons. The van der Waals surface area contributed by atoms with Crippen molar-refractivity contribution in [2.45, 2.75) is 58.1 Å². The molecule has 0 saturated heterocycles. The third kappa shape index (κ3) is 4.10. The molecule has 1 aliphatic heterocycles. The normalized spacial score (nSPS) is 25.1. The van der Waals surface area contributed by atoms with Crippen LogP contribution in [0.2, 0.25) is 0 Å². The van der Waals surface area contributed by atoms with Crippen LogP contribution in [0, 0.1) is 13.8 Å². The lowest BCUT2D eigenvalue weighted by atomic mass is 9.79. The largest absolute Gasteiger partial charge is 0.509 e. The molecule has 5 heteroatoms. The zero-order valence-corrected chi connectivity index (χ0v) is 16.5. The van der Waals surface area contributed by atoms with Crippen molar-refractivity contribution in [3.05, 3.63) is 40.6 Å². The van der Waals surface area contributed by atoms with Crippen LogP contribution in [-0.2, 0) is 14.3 Å². The number of benzene rings is 1. The van der Waals surface area contributed by atoms with Crippen LogP contribution in [0.15, 0.2) is 24.0 Å². The number of aliphatic hydroxyl groups is 1. The van der Waals surface area contributed by atoms with Crippen molar-refractivity contribution in [1.29, 1.82) is 0 Å². The van der Waals surface area contributed by atoms with Crippen LogP contribution < -0.4 is 5.32 Å². The number of ether oxygens (including phenoxy) is 2. The summed E-state index contributed by atoms with van der Waals surface area (Å²) >= 11 is 0. The standard InChI is InChI=1S/C18H23NO3.C3H8O/c1-11-4-5-12(2)14(10-11)15-16(20)18(19-17(15)21)8-6-13(22-3)7-9-18;1-3-4-2/h4-5,10,13,20H,6-9H2,1-3H3,(H,19,21);3H2,1-2H3. The summed E-state index contributed by atoms with van der Waals surface area (Å²) in [6, 6.07) is 5.98. The Bertz CT molecular complexity index is 671. The number of hydrogen-bond donors (Lipinski definition) is 2. The zero-order chi connectivity index (χ0) is 19.3. The Labute approximate surface area is 156 Å². The number of aliphatic hydroxyl groups excluding tert-OH is 1. The molecular formula is C21H31NO4. The van der Waals surface area contributed by atoms with Gasteiger partial charge in [0.25, 0.3) is 5.91 Å². The van der Waals surface area contributed by atoms with Crippen LogP contribution in [0.5, 0.6) is 0 Å². The molecule has 1 aromatic carbocycles. The van der Waals surface area contributed by atoms with Crippen molar-refractivity contribution in [3.8, 4) is 0 Å². The molecule has 1 saturated carbocycles. The minimum absolute atomic E-state index is 0.165. The van der Waals surface area contributed by atoms with Gasteiger partial charge in [0.2, 0.25) is 0 Å². The molecule has 0 bridgehead atoms. The SMILES string of the molecule is CCOC.COC1CCC2(CC1)NC(=O)C(c1cc(C)ccc1C)=C2O. The summed E-state index contributed by atoms with van der Waals surface area (Å²) in [5, 5.41) is 13.9. The first-order valence-corrected chi connectivity index (χ1v) is 9.24. The highest BCUT2D eigenvalue weighted by Crippen LogP contribution is 2.42. The molecule has 0 atom stereocenters. The first-order valence-electron chi connectivity index (χ1n) is 9.24. The van der Waals surface area contributed by atoms with E-state index in [0.29, 0.717) is 5.57 Å². The molecule has 1 amide bonds. The number of rotatable bonds is 3. The number of amides is 1. The van der Waals surface area contributed by atoms with E-state index in [2.05, 4.69) is 10.1 Å². The Kier molecular flexibility index (Phi) is 6.84. The van der Waals surface area contributed by atoms with E-state index in [1.807, 2.05) is 39.0 Å². The second-order valence-corrected chi connectivity index (χ2v) is 7.09. The molecule has 1 spiro atoms. The van der Waals surface area contributed by atoms with Gasteiger partial charge >= 0.3 is 0 Å². The number of carbonyl (C=O) groups excluding carboxylic acids is 1. The summed E-state index contributed by atoms with van der Waals surface area (Å²) in [7, 11) is 3.40. The first kappa shape index (κ1) is 20.5. The van der Waals surface area contributed by atoms with Crippen molar-refractivity contribution in [2.24, 2.45) is 0 Å². The molecule has 0 unspecified atom stereocenters. The molecule has 1 aromatic rings. The lowest BCUT2D eigenvalue weighted by Crippen LogP contribution is -2.48. The van der Waals surface area contributed by atoms with Gasteiger partial charge in [-0.15, -0.1) is 0 Å². The van der Waals surface area contributed by atoms with Crippen molar-refractivity contribution < 1.29 is 19.4 Å². The maximum atomic E-state index is 12.5. The number of nitrogens with one attached hydrogen (secondary N) is 1. The number of carbonyl (C=O) groups is 1. The minimum Gasteiger partial charge on any atom is -0.509 e. The Balaban J connectivity index is 0.000000552. The Morgan fingerprint density at radius 2 is 1.85 bits per heavy atom. The lowest BCUT2D eigenvalue weighted by Gasteiger charge is -2.36. The molecular weight excluding hydrogens is 330 g/mol. The summed E-state index contributed by atoms with van der Waals surface area (Å²) in [4.78, 5) is 12.5. The first-order chi connectivity index (χ1) is 12.4. The van der Waals surface area contributed by atoms with Crippen molar-refractivity contribution in [2.75, 3.05) is 20.8 Å². The number of hydrogen-bond acceptors (Lipinski definition) is 4. The Morgan fingerprint density at radius 1 is 1.23 bits per heavy atom. The van der Waals surface area contributed by atoms with Crippen molar-refractivity contribution in [1.82, 2.24) is 5.32 Å². The van der Waals surface area contributed by atoms with Gasteiger partial charge in [-0.2, -0.15) is 0 Å². The van der Waals surface area contributed by atoms with Crippen molar-refractivity contribution in [3.63, 3.8) is 0 Å². The summed E-state index contributed by atoms with van der Waals surface area (Å²) in [6.07, 6.45) is 3.36.